The highest BCUT2D eigenvalue weighted by atomic mass is 19.1. The van der Waals surface area contributed by atoms with Gasteiger partial charge in [-0.3, -0.25) is 4.79 Å². The zero-order valence-corrected chi connectivity index (χ0v) is 10.5. The normalized spacial score (nSPS) is 10.6. The lowest BCUT2D eigenvalue weighted by Crippen LogP contribution is -2.19. The van der Waals surface area contributed by atoms with E-state index in [9.17, 15) is 14.4 Å². The zero-order valence-electron chi connectivity index (χ0n) is 10.5. The number of nitrogens with zero attached hydrogens (tertiary/aromatic N) is 3. The van der Waals surface area contributed by atoms with E-state index < -0.39 is 5.82 Å². The third-order valence-corrected chi connectivity index (χ3v) is 3.16. The first-order valence-corrected chi connectivity index (χ1v) is 6.04. The third-order valence-electron chi connectivity index (χ3n) is 3.16. The Hall–Kier alpha value is -2.87. The lowest BCUT2D eigenvalue weighted by atomic mass is 10.2. The minimum absolute atomic E-state index is 0.168. The van der Waals surface area contributed by atoms with Crippen LogP contribution in [0.5, 0.6) is 0 Å². The molecule has 0 radical (unpaired) electrons. The standard InChI is InChI=1S/C15H10FN3O/c16-12-4-5-15(20)19(10-12)9-11-8-18-6-2-1-3-14(18)13(11)7-17/h1-6,8,10H,9H2. The molecule has 0 aliphatic heterocycles. The summed E-state index contributed by atoms with van der Waals surface area (Å²) in [5, 5.41) is 9.28. The highest BCUT2D eigenvalue weighted by molar-refractivity contribution is 5.65. The number of rotatable bonds is 2. The Morgan fingerprint density at radius 2 is 2.05 bits per heavy atom. The van der Waals surface area contributed by atoms with Crippen molar-refractivity contribution in [3.63, 3.8) is 0 Å². The van der Waals surface area contributed by atoms with Gasteiger partial charge in [0.05, 0.1) is 17.6 Å². The van der Waals surface area contributed by atoms with Gasteiger partial charge in [-0.15, -0.1) is 0 Å². The Kier molecular flexibility index (Phi) is 2.84. The van der Waals surface area contributed by atoms with Gasteiger partial charge < -0.3 is 8.97 Å². The Labute approximate surface area is 113 Å². The maximum absolute atomic E-state index is 13.2. The van der Waals surface area contributed by atoms with Crippen LogP contribution in [0.2, 0.25) is 0 Å². The molecule has 0 N–H and O–H groups in total. The quantitative estimate of drug-likeness (QED) is 0.714. The Morgan fingerprint density at radius 1 is 1.20 bits per heavy atom. The summed E-state index contributed by atoms with van der Waals surface area (Å²) in [6, 6.07) is 9.97. The summed E-state index contributed by atoms with van der Waals surface area (Å²) in [7, 11) is 0. The van der Waals surface area contributed by atoms with Crippen molar-refractivity contribution in [1.29, 1.82) is 5.26 Å². The van der Waals surface area contributed by atoms with Crippen molar-refractivity contribution in [2.75, 3.05) is 0 Å². The Balaban J connectivity index is 2.14. The van der Waals surface area contributed by atoms with Gasteiger partial charge in [0.2, 0.25) is 0 Å². The summed E-state index contributed by atoms with van der Waals surface area (Å²) in [4.78, 5) is 11.7. The molecule has 0 aromatic carbocycles. The van der Waals surface area contributed by atoms with E-state index >= 15 is 0 Å². The van der Waals surface area contributed by atoms with Crippen LogP contribution in [0.1, 0.15) is 11.1 Å². The molecule has 0 saturated heterocycles. The van der Waals surface area contributed by atoms with E-state index in [2.05, 4.69) is 6.07 Å². The van der Waals surface area contributed by atoms with Gasteiger partial charge in [-0.2, -0.15) is 5.26 Å². The van der Waals surface area contributed by atoms with Crippen molar-refractivity contribution in [3.05, 3.63) is 76.2 Å². The Bertz CT molecular complexity index is 886. The highest BCUT2D eigenvalue weighted by Crippen LogP contribution is 2.18. The van der Waals surface area contributed by atoms with Gasteiger partial charge in [0.25, 0.3) is 5.56 Å². The van der Waals surface area contributed by atoms with Gasteiger partial charge in [0, 0.05) is 30.2 Å². The maximum Gasteiger partial charge on any atom is 0.251 e. The molecule has 4 nitrogen and oxygen atoms in total. The van der Waals surface area contributed by atoms with Crippen LogP contribution < -0.4 is 5.56 Å². The lowest BCUT2D eigenvalue weighted by Gasteiger charge is -2.03. The summed E-state index contributed by atoms with van der Waals surface area (Å²) >= 11 is 0. The SMILES string of the molecule is N#Cc1c(Cn2cc(F)ccc2=O)cn2ccccc12. The van der Waals surface area contributed by atoms with E-state index in [1.54, 1.807) is 6.20 Å². The number of nitriles is 1. The van der Waals surface area contributed by atoms with Crippen LogP contribution >= 0.6 is 0 Å². The fourth-order valence-corrected chi connectivity index (χ4v) is 2.24. The van der Waals surface area contributed by atoms with E-state index in [4.69, 9.17) is 0 Å². The topological polar surface area (TPSA) is 50.2 Å². The van der Waals surface area contributed by atoms with Crippen LogP contribution in [0.25, 0.3) is 5.52 Å². The van der Waals surface area contributed by atoms with Gasteiger partial charge >= 0.3 is 0 Å². The van der Waals surface area contributed by atoms with Crippen LogP contribution in [-0.2, 0) is 6.54 Å². The number of fused-ring (bicyclic) bond motifs is 1. The maximum atomic E-state index is 13.2. The smallest absolute Gasteiger partial charge is 0.251 e. The second kappa shape index (κ2) is 4.67. The number of aromatic nitrogens is 2. The minimum atomic E-state index is -0.480. The third kappa shape index (κ3) is 1.97. The van der Waals surface area contributed by atoms with Crippen molar-refractivity contribution in [1.82, 2.24) is 8.97 Å². The van der Waals surface area contributed by atoms with Crippen molar-refractivity contribution in [2.45, 2.75) is 6.54 Å². The van der Waals surface area contributed by atoms with Crippen LogP contribution in [-0.4, -0.2) is 8.97 Å². The summed E-state index contributed by atoms with van der Waals surface area (Å²) in [5.74, 6) is -0.480. The van der Waals surface area contributed by atoms with E-state index in [0.717, 1.165) is 17.8 Å². The molecule has 0 atom stereocenters. The summed E-state index contributed by atoms with van der Waals surface area (Å²) in [5.41, 5.74) is 1.66. The molecule has 3 aromatic heterocycles. The van der Waals surface area contributed by atoms with Gasteiger partial charge in [-0.1, -0.05) is 6.07 Å². The molecule has 5 heteroatoms. The molecule has 0 amide bonds. The predicted octanol–water partition coefficient (Wildman–Crippen LogP) is 2.16. The first-order valence-electron chi connectivity index (χ1n) is 6.04. The largest absolute Gasteiger partial charge is 0.322 e. The molecule has 0 spiro atoms. The number of hydrogen-bond donors (Lipinski definition) is 0. The molecule has 0 unspecified atom stereocenters. The number of pyridine rings is 2. The average molecular weight is 267 g/mol. The van der Waals surface area contributed by atoms with E-state index in [-0.39, 0.29) is 12.1 Å². The monoisotopic (exact) mass is 267 g/mol. The van der Waals surface area contributed by atoms with Crippen molar-refractivity contribution in [2.24, 2.45) is 0 Å². The molecule has 0 saturated carbocycles. The summed E-state index contributed by atoms with van der Waals surface area (Å²) in [6.45, 7) is 0.168. The van der Waals surface area contributed by atoms with Crippen LogP contribution in [0.15, 0.2) is 53.7 Å². The van der Waals surface area contributed by atoms with E-state index in [0.29, 0.717) is 11.1 Å². The molecule has 0 aliphatic rings. The molecule has 0 fully saturated rings. The molecule has 0 bridgehead atoms. The van der Waals surface area contributed by atoms with Gasteiger partial charge in [-0.05, 0) is 18.2 Å². The fourth-order valence-electron chi connectivity index (χ4n) is 2.24. The predicted molar refractivity (Wildman–Crippen MR) is 71.9 cm³/mol. The molecular weight excluding hydrogens is 257 g/mol. The van der Waals surface area contributed by atoms with Crippen LogP contribution in [0, 0.1) is 17.1 Å². The van der Waals surface area contributed by atoms with E-state index in [1.807, 2.05) is 28.8 Å². The van der Waals surface area contributed by atoms with E-state index in [1.165, 1.54) is 10.6 Å². The number of hydrogen-bond acceptors (Lipinski definition) is 2. The average Bonchev–Trinajstić information content (AvgIpc) is 2.80. The molecule has 20 heavy (non-hydrogen) atoms. The van der Waals surface area contributed by atoms with Gasteiger partial charge in [-0.25, -0.2) is 4.39 Å². The van der Waals surface area contributed by atoms with Crippen molar-refractivity contribution in [3.8, 4) is 6.07 Å². The lowest BCUT2D eigenvalue weighted by molar-refractivity contribution is 0.595. The van der Waals surface area contributed by atoms with Gasteiger partial charge in [0.1, 0.15) is 11.9 Å². The Morgan fingerprint density at radius 3 is 2.85 bits per heavy atom. The molecule has 3 aromatic rings. The second-order valence-electron chi connectivity index (χ2n) is 4.45. The molecule has 98 valence electrons. The highest BCUT2D eigenvalue weighted by Gasteiger charge is 2.11. The summed E-state index contributed by atoms with van der Waals surface area (Å²) < 4.78 is 16.3. The number of halogens is 1. The van der Waals surface area contributed by atoms with Gasteiger partial charge in [0.15, 0.2) is 0 Å². The van der Waals surface area contributed by atoms with Crippen molar-refractivity contribution >= 4 is 5.52 Å². The molecule has 3 heterocycles. The zero-order chi connectivity index (χ0) is 14.1. The van der Waals surface area contributed by atoms with Crippen LogP contribution in [0.4, 0.5) is 4.39 Å². The van der Waals surface area contributed by atoms with Crippen LogP contribution in [0.3, 0.4) is 0 Å². The van der Waals surface area contributed by atoms with Crippen molar-refractivity contribution < 1.29 is 4.39 Å². The molecule has 0 aliphatic carbocycles. The first kappa shape index (κ1) is 12.2. The second-order valence-corrected chi connectivity index (χ2v) is 4.45. The minimum Gasteiger partial charge on any atom is -0.322 e. The molecular formula is C15H10FN3O. The summed E-state index contributed by atoms with van der Waals surface area (Å²) in [6.07, 6.45) is 4.76. The fraction of sp³-hybridized carbons (Fsp3) is 0.0667. The molecule has 3 rings (SSSR count). The first-order chi connectivity index (χ1) is 9.69.